The van der Waals surface area contributed by atoms with E-state index in [0.717, 1.165) is 12.1 Å². The predicted octanol–water partition coefficient (Wildman–Crippen LogP) is 4.03. The molecule has 1 amide bonds. The summed E-state index contributed by atoms with van der Waals surface area (Å²) in [4.78, 5) is 25.7. The molecule has 0 radical (unpaired) electrons. The molecular weight excluding hydrogens is 359 g/mol. The zero-order chi connectivity index (χ0) is 19.4. The quantitative estimate of drug-likeness (QED) is 0.553. The monoisotopic (exact) mass is 379 g/mol. The van der Waals surface area contributed by atoms with E-state index in [9.17, 15) is 22.8 Å². The van der Waals surface area contributed by atoms with Gasteiger partial charge in [0.15, 0.2) is 0 Å². The molecule has 0 saturated carbocycles. The second-order valence-electron chi connectivity index (χ2n) is 5.94. The van der Waals surface area contributed by atoms with E-state index in [1.807, 2.05) is 0 Å². The van der Waals surface area contributed by atoms with Crippen molar-refractivity contribution in [3.63, 3.8) is 0 Å². The van der Waals surface area contributed by atoms with Crippen molar-refractivity contribution in [2.45, 2.75) is 39.0 Å². The van der Waals surface area contributed by atoms with Gasteiger partial charge in [-0.1, -0.05) is 26.0 Å². The molecule has 140 valence electrons. The first kappa shape index (κ1) is 21.3. The highest BCUT2D eigenvalue weighted by atomic mass is 35.5. The Kier molecular flexibility index (Phi) is 7.29. The fourth-order valence-electron chi connectivity index (χ4n) is 2.62. The highest BCUT2D eigenvalue weighted by molar-refractivity contribution is 6.27. The first-order chi connectivity index (χ1) is 11.5. The lowest BCUT2D eigenvalue weighted by Crippen LogP contribution is -2.50. The second-order valence-corrected chi connectivity index (χ2v) is 6.21. The summed E-state index contributed by atoms with van der Waals surface area (Å²) in [7, 11) is 1.21. The molecule has 4 nitrogen and oxygen atoms in total. The van der Waals surface area contributed by atoms with E-state index in [0.29, 0.717) is 5.56 Å². The first-order valence-electron chi connectivity index (χ1n) is 7.66. The smallest absolute Gasteiger partial charge is 0.416 e. The van der Waals surface area contributed by atoms with Gasteiger partial charge in [0.2, 0.25) is 5.91 Å². The van der Waals surface area contributed by atoms with E-state index in [4.69, 9.17) is 16.3 Å². The summed E-state index contributed by atoms with van der Waals surface area (Å²) in [5, 5.41) is 0. The summed E-state index contributed by atoms with van der Waals surface area (Å²) in [6, 6.07) is 2.91. The minimum absolute atomic E-state index is 0.267. The standard InChI is InChI=1S/C17H21ClF3NO3/c1-10(2)15(16(24)25-4)22(14(23)9-18)11(3)12-5-7-13(8-6-12)17(19,20)21/h5-8,10-11,15H,9H2,1-4H3. The number of nitrogens with zero attached hydrogens (tertiary/aromatic N) is 1. The zero-order valence-electron chi connectivity index (χ0n) is 14.4. The Balaban J connectivity index is 3.26. The molecule has 25 heavy (non-hydrogen) atoms. The molecule has 0 saturated heterocycles. The molecule has 2 atom stereocenters. The van der Waals surface area contributed by atoms with Gasteiger partial charge in [-0.25, -0.2) is 4.79 Å². The van der Waals surface area contributed by atoms with Gasteiger partial charge in [-0.05, 0) is 30.5 Å². The van der Waals surface area contributed by atoms with Gasteiger partial charge < -0.3 is 9.64 Å². The third-order valence-corrected chi connectivity index (χ3v) is 4.14. The molecule has 0 aliphatic heterocycles. The molecule has 1 aromatic rings. The van der Waals surface area contributed by atoms with Crippen LogP contribution in [0.15, 0.2) is 24.3 Å². The van der Waals surface area contributed by atoms with Gasteiger partial charge in [0.25, 0.3) is 0 Å². The van der Waals surface area contributed by atoms with E-state index >= 15 is 0 Å². The largest absolute Gasteiger partial charge is 0.467 e. The van der Waals surface area contributed by atoms with Crippen LogP contribution in [0, 0.1) is 5.92 Å². The average molecular weight is 380 g/mol. The molecule has 8 heteroatoms. The second kappa shape index (κ2) is 8.56. The van der Waals surface area contributed by atoms with Crippen molar-refractivity contribution >= 4 is 23.5 Å². The number of halogens is 4. The van der Waals surface area contributed by atoms with Gasteiger partial charge in [-0.3, -0.25) is 4.79 Å². The van der Waals surface area contributed by atoms with Gasteiger partial charge >= 0.3 is 12.1 Å². The molecule has 0 N–H and O–H groups in total. The number of carbonyl (C=O) groups is 2. The molecule has 0 aromatic heterocycles. The number of hydrogen-bond acceptors (Lipinski definition) is 3. The Morgan fingerprint density at radius 3 is 2.04 bits per heavy atom. The van der Waals surface area contributed by atoms with E-state index in [2.05, 4.69) is 0 Å². The van der Waals surface area contributed by atoms with Crippen molar-refractivity contribution in [2.75, 3.05) is 13.0 Å². The highest BCUT2D eigenvalue weighted by Gasteiger charge is 2.37. The predicted molar refractivity (Wildman–Crippen MR) is 88.1 cm³/mol. The maximum absolute atomic E-state index is 12.7. The van der Waals surface area contributed by atoms with Gasteiger partial charge in [-0.15, -0.1) is 11.6 Å². The molecule has 0 aliphatic carbocycles. The van der Waals surface area contributed by atoms with Crippen LogP contribution in [0.3, 0.4) is 0 Å². The average Bonchev–Trinajstić information content (AvgIpc) is 2.56. The van der Waals surface area contributed by atoms with E-state index < -0.39 is 35.7 Å². The molecular formula is C17H21ClF3NO3. The van der Waals surface area contributed by atoms with Crippen LogP contribution >= 0.6 is 11.6 Å². The lowest BCUT2D eigenvalue weighted by atomic mass is 9.97. The van der Waals surface area contributed by atoms with Crippen LogP contribution in [0.5, 0.6) is 0 Å². The Morgan fingerprint density at radius 1 is 1.16 bits per heavy atom. The summed E-state index contributed by atoms with van der Waals surface area (Å²) in [5.74, 6) is -1.73. The number of alkyl halides is 4. The molecule has 0 fully saturated rings. The van der Waals surface area contributed by atoms with E-state index in [1.54, 1.807) is 20.8 Å². The summed E-state index contributed by atoms with van der Waals surface area (Å²) >= 11 is 5.67. The Morgan fingerprint density at radius 2 is 1.68 bits per heavy atom. The number of methoxy groups -OCH3 is 1. The SMILES string of the molecule is COC(=O)C(C(C)C)N(C(=O)CCl)C(C)c1ccc(C(F)(F)F)cc1. The van der Waals surface area contributed by atoms with E-state index in [1.165, 1.54) is 24.1 Å². The van der Waals surface area contributed by atoms with Crippen LogP contribution in [0.25, 0.3) is 0 Å². The van der Waals surface area contributed by atoms with Crippen LogP contribution in [0.2, 0.25) is 0 Å². The lowest BCUT2D eigenvalue weighted by molar-refractivity contribution is -0.156. The molecule has 0 heterocycles. The fraction of sp³-hybridized carbons (Fsp3) is 0.529. The maximum atomic E-state index is 12.7. The fourth-order valence-corrected chi connectivity index (χ4v) is 2.76. The van der Waals surface area contributed by atoms with Gasteiger partial charge in [-0.2, -0.15) is 13.2 Å². The van der Waals surface area contributed by atoms with Crippen molar-refractivity contribution in [1.82, 2.24) is 4.90 Å². The maximum Gasteiger partial charge on any atom is 0.416 e. The van der Waals surface area contributed by atoms with Crippen LogP contribution in [-0.4, -0.2) is 35.8 Å². The lowest BCUT2D eigenvalue weighted by Gasteiger charge is -2.37. The Bertz CT molecular complexity index is 602. The van der Waals surface area contributed by atoms with Crippen molar-refractivity contribution < 1.29 is 27.5 Å². The number of carbonyl (C=O) groups excluding carboxylic acids is 2. The third kappa shape index (κ3) is 5.11. The van der Waals surface area contributed by atoms with E-state index in [-0.39, 0.29) is 11.8 Å². The van der Waals surface area contributed by atoms with Crippen LogP contribution in [0.1, 0.15) is 37.9 Å². The number of hydrogen-bond donors (Lipinski definition) is 0. The van der Waals surface area contributed by atoms with Gasteiger partial charge in [0, 0.05) is 0 Å². The molecule has 2 unspecified atom stereocenters. The minimum atomic E-state index is -4.44. The zero-order valence-corrected chi connectivity index (χ0v) is 15.2. The highest BCUT2D eigenvalue weighted by Crippen LogP contribution is 2.32. The molecule has 1 rings (SSSR count). The molecule has 0 spiro atoms. The number of benzene rings is 1. The Hall–Kier alpha value is -1.76. The minimum Gasteiger partial charge on any atom is -0.467 e. The Labute approximate surface area is 149 Å². The van der Waals surface area contributed by atoms with Crippen molar-refractivity contribution in [3.8, 4) is 0 Å². The number of ether oxygens (including phenoxy) is 1. The van der Waals surface area contributed by atoms with Crippen LogP contribution in [0.4, 0.5) is 13.2 Å². The summed E-state index contributed by atoms with van der Waals surface area (Å²) in [6.07, 6.45) is -4.44. The molecule has 0 aliphatic rings. The summed E-state index contributed by atoms with van der Waals surface area (Å²) in [6.45, 7) is 5.12. The number of amides is 1. The van der Waals surface area contributed by atoms with Crippen molar-refractivity contribution in [3.05, 3.63) is 35.4 Å². The normalized spacial score (nSPS) is 14.1. The summed E-state index contributed by atoms with van der Waals surface area (Å²) < 4.78 is 42.9. The van der Waals surface area contributed by atoms with Crippen LogP contribution in [-0.2, 0) is 20.5 Å². The molecule has 0 bridgehead atoms. The van der Waals surface area contributed by atoms with Gasteiger partial charge in [0.05, 0.1) is 18.7 Å². The molecule has 1 aromatic carbocycles. The third-order valence-electron chi connectivity index (χ3n) is 3.91. The van der Waals surface area contributed by atoms with Crippen LogP contribution < -0.4 is 0 Å². The summed E-state index contributed by atoms with van der Waals surface area (Å²) in [5.41, 5.74) is -0.326. The van der Waals surface area contributed by atoms with Crippen molar-refractivity contribution in [1.29, 1.82) is 0 Å². The first-order valence-corrected chi connectivity index (χ1v) is 8.20. The number of esters is 1. The van der Waals surface area contributed by atoms with Crippen molar-refractivity contribution in [2.24, 2.45) is 5.92 Å². The van der Waals surface area contributed by atoms with Gasteiger partial charge in [0.1, 0.15) is 11.9 Å². The topological polar surface area (TPSA) is 46.6 Å². The number of rotatable bonds is 6.